The van der Waals surface area contributed by atoms with Crippen LogP contribution in [-0.4, -0.2) is 6.79 Å². The lowest BCUT2D eigenvalue weighted by molar-refractivity contribution is 0.172. The Hall–Kier alpha value is -0.740. The van der Waals surface area contributed by atoms with Crippen molar-refractivity contribution in [1.82, 2.24) is 0 Å². The van der Waals surface area contributed by atoms with E-state index in [1.807, 2.05) is 26.0 Å². The first-order valence-electron chi connectivity index (χ1n) is 4.37. The Kier molecular flexibility index (Phi) is 2.20. The fourth-order valence-corrected chi connectivity index (χ4v) is 1.90. The highest BCUT2D eigenvalue weighted by molar-refractivity contribution is 9.10. The van der Waals surface area contributed by atoms with Crippen molar-refractivity contribution in [2.24, 2.45) is 5.73 Å². The van der Waals surface area contributed by atoms with Gasteiger partial charge in [0, 0.05) is 11.1 Å². The van der Waals surface area contributed by atoms with Crippen molar-refractivity contribution in [2.75, 3.05) is 6.79 Å². The van der Waals surface area contributed by atoms with Crippen LogP contribution in [0.4, 0.5) is 0 Å². The standard InChI is InChI=1S/C10H12BrNO2/c1-10(2,12)6-3-4-7(11)9-8(6)13-5-14-9/h3-4H,5,12H2,1-2H3. The Balaban J connectivity index is 2.60. The van der Waals surface area contributed by atoms with E-state index < -0.39 is 5.54 Å². The Labute approximate surface area is 91.3 Å². The average molecular weight is 258 g/mol. The van der Waals surface area contributed by atoms with Crippen molar-refractivity contribution in [2.45, 2.75) is 19.4 Å². The zero-order valence-corrected chi connectivity index (χ0v) is 9.72. The Bertz CT molecular complexity index is 371. The lowest BCUT2D eigenvalue weighted by Crippen LogP contribution is -2.28. The highest BCUT2D eigenvalue weighted by Crippen LogP contribution is 2.44. The molecule has 0 atom stereocenters. The largest absolute Gasteiger partial charge is 0.453 e. The molecule has 0 unspecified atom stereocenters. The number of fused-ring (bicyclic) bond motifs is 1. The molecule has 76 valence electrons. The minimum absolute atomic E-state index is 0.265. The van der Waals surface area contributed by atoms with Gasteiger partial charge in [-0.25, -0.2) is 0 Å². The molecule has 0 fully saturated rings. The molecule has 1 aromatic carbocycles. The van der Waals surface area contributed by atoms with Crippen LogP contribution in [0.5, 0.6) is 11.5 Å². The molecule has 1 aliphatic heterocycles. The van der Waals surface area contributed by atoms with Crippen LogP contribution in [0.3, 0.4) is 0 Å². The molecule has 0 amide bonds. The predicted octanol–water partition coefficient (Wildman–Crippen LogP) is 2.37. The van der Waals surface area contributed by atoms with Gasteiger partial charge in [-0.05, 0) is 35.8 Å². The van der Waals surface area contributed by atoms with Crippen LogP contribution in [0.2, 0.25) is 0 Å². The SMILES string of the molecule is CC(C)(N)c1ccc(Br)c2c1OCO2. The monoisotopic (exact) mass is 257 g/mol. The smallest absolute Gasteiger partial charge is 0.231 e. The van der Waals surface area contributed by atoms with Crippen LogP contribution in [0.25, 0.3) is 0 Å². The molecule has 0 bridgehead atoms. The van der Waals surface area contributed by atoms with Gasteiger partial charge < -0.3 is 15.2 Å². The van der Waals surface area contributed by atoms with E-state index in [0.717, 1.165) is 21.5 Å². The molecule has 1 aromatic rings. The Morgan fingerprint density at radius 3 is 2.57 bits per heavy atom. The second-order valence-corrected chi connectivity index (χ2v) is 4.74. The lowest BCUT2D eigenvalue weighted by Gasteiger charge is -2.20. The second kappa shape index (κ2) is 3.14. The van der Waals surface area contributed by atoms with Crippen molar-refractivity contribution >= 4 is 15.9 Å². The molecule has 2 N–H and O–H groups in total. The van der Waals surface area contributed by atoms with Crippen LogP contribution < -0.4 is 15.2 Å². The molecule has 0 aliphatic carbocycles. The van der Waals surface area contributed by atoms with Gasteiger partial charge in [0.2, 0.25) is 6.79 Å². The predicted molar refractivity (Wildman–Crippen MR) is 57.5 cm³/mol. The van der Waals surface area contributed by atoms with Crippen LogP contribution in [0.1, 0.15) is 19.4 Å². The summed E-state index contributed by atoms with van der Waals surface area (Å²) in [7, 11) is 0. The molecule has 2 rings (SSSR count). The van der Waals surface area contributed by atoms with Crippen LogP contribution in [0, 0.1) is 0 Å². The zero-order valence-electron chi connectivity index (χ0n) is 8.13. The maximum atomic E-state index is 6.03. The molecular formula is C10H12BrNO2. The van der Waals surface area contributed by atoms with Crippen molar-refractivity contribution in [3.8, 4) is 11.5 Å². The minimum Gasteiger partial charge on any atom is -0.453 e. The Morgan fingerprint density at radius 2 is 1.93 bits per heavy atom. The fraction of sp³-hybridized carbons (Fsp3) is 0.400. The Morgan fingerprint density at radius 1 is 1.29 bits per heavy atom. The topological polar surface area (TPSA) is 44.5 Å². The van der Waals surface area contributed by atoms with Crippen molar-refractivity contribution in [3.63, 3.8) is 0 Å². The molecule has 0 radical (unpaired) electrons. The number of halogens is 1. The third-order valence-corrected chi connectivity index (χ3v) is 2.79. The number of hydrogen-bond acceptors (Lipinski definition) is 3. The molecule has 4 heteroatoms. The summed E-state index contributed by atoms with van der Waals surface area (Å²) in [6.45, 7) is 4.15. The summed E-state index contributed by atoms with van der Waals surface area (Å²) in [6, 6.07) is 3.88. The number of ether oxygens (including phenoxy) is 2. The van der Waals surface area contributed by atoms with E-state index in [-0.39, 0.29) is 6.79 Å². The first kappa shape index (κ1) is 9.80. The zero-order chi connectivity index (χ0) is 10.3. The lowest BCUT2D eigenvalue weighted by atomic mass is 9.94. The normalized spacial score (nSPS) is 14.6. The summed E-state index contributed by atoms with van der Waals surface area (Å²) in [4.78, 5) is 0. The van der Waals surface area contributed by atoms with E-state index in [0.29, 0.717) is 0 Å². The fourth-order valence-electron chi connectivity index (χ4n) is 1.47. The van der Waals surface area contributed by atoms with E-state index >= 15 is 0 Å². The highest BCUT2D eigenvalue weighted by atomic mass is 79.9. The minimum atomic E-state index is -0.418. The van der Waals surface area contributed by atoms with Crippen LogP contribution >= 0.6 is 15.9 Å². The highest BCUT2D eigenvalue weighted by Gasteiger charge is 2.27. The molecule has 0 spiro atoms. The maximum Gasteiger partial charge on any atom is 0.231 e. The first-order valence-corrected chi connectivity index (χ1v) is 5.17. The number of benzene rings is 1. The maximum absolute atomic E-state index is 6.03. The molecule has 0 saturated heterocycles. The summed E-state index contributed by atoms with van der Waals surface area (Å²) in [6.07, 6.45) is 0. The first-order chi connectivity index (χ1) is 6.50. The van der Waals surface area contributed by atoms with Crippen molar-refractivity contribution in [3.05, 3.63) is 22.2 Å². The molecule has 14 heavy (non-hydrogen) atoms. The average Bonchev–Trinajstić information content (AvgIpc) is 2.50. The molecule has 3 nitrogen and oxygen atoms in total. The van der Waals surface area contributed by atoms with Gasteiger partial charge in [-0.1, -0.05) is 6.07 Å². The van der Waals surface area contributed by atoms with Crippen molar-refractivity contribution < 1.29 is 9.47 Å². The molecule has 1 aliphatic rings. The van der Waals surface area contributed by atoms with Gasteiger partial charge in [0.25, 0.3) is 0 Å². The summed E-state index contributed by atoms with van der Waals surface area (Å²) in [5, 5.41) is 0. The summed E-state index contributed by atoms with van der Waals surface area (Å²) in [5.41, 5.74) is 6.58. The van der Waals surface area contributed by atoms with E-state index in [2.05, 4.69) is 15.9 Å². The third kappa shape index (κ3) is 1.48. The second-order valence-electron chi connectivity index (χ2n) is 3.88. The van der Waals surface area contributed by atoms with Gasteiger partial charge in [-0.15, -0.1) is 0 Å². The van der Waals surface area contributed by atoms with E-state index in [1.165, 1.54) is 0 Å². The van der Waals surface area contributed by atoms with Crippen LogP contribution in [-0.2, 0) is 5.54 Å². The van der Waals surface area contributed by atoms with Gasteiger partial charge in [-0.3, -0.25) is 0 Å². The van der Waals surface area contributed by atoms with E-state index in [1.54, 1.807) is 0 Å². The third-order valence-electron chi connectivity index (χ3n) is 2.16. The summed E-state index contributed by atoms with van der Waals surface area (Å²) in [5.74, 6) is 1.51. The quantitative estimate of drug-likeness (QED) is 0.841. The summed E-state index contributed by atoms with van der Waals surface area (Å²) < 4.78 is 11.6. The van der Waals surface area contributed by atoms with Gasteiger partial charge in [-0.2, -0.15) is 0 Å². The van der Waals surface area contributed by atoms with Crippen LogP contribution in [0.15, 0.2) is 16.6 Å². The van der Waals surface area contributed by atoms with Crippen molar-refractivity contribution in [1.29, 1.82) is 0 Å². The summed E-state index contributed by atoms with van der Waals surface area (Å²) >= 11 is 3.40. The van der Waals surface area contributed by atoms with Gasteiger partial charge >= 0.3 is 0 Å². The van der Waals surface area contributed by atoms with E-state index in [4.69, 9.17) is 15.2 Å². The van der Waals surface area contributed by atoms with Gasteiger partial charge in [0.1, 0.15) is 0 Å². The molecule has 1 heterocycles. The van der Waals surface area contributed by atoms with E-state index in [9.17, 15) is 0 Å². The van der Waals surface area contributed by atoms with Gasteiger partial charge in [0.15, 0.2) is 11.5 Å². The number of hydrogen-bond donors (Lipinski definition) is 1. The number of rotatable bonds is 1. The van der Waals surface area contributed by atoms with Gasteiger partial charge in [0.05, 0.1) is 4.47 Å². The number of nitrogens with two attached hydrogens (primary N) is 1. The molecule has 0 saturated carbocycles. The molecule has 0 aromatic heterocycles. The molecular weight excluding hydrogens is 246 g/mol.